The molecule has 0 atom stereocenters. The van der Waals surface area contributed by atoms with Crippen molar-refractivity contribution in [1.82, 2.24) is 10.1 Å². The molecule has 0 unspecified atom stereocenters. The molecule has 0 spiro atoms. The van der Waals surface area contributed by atoms with Crippen LogP contribution < -0.4 is 5.32 Å². The molecule has 1 amide bonds. The molecule has 8 nitrogen and oxygen atoms in total. The number of amides is 1. The Balaban J connectivity index is 2.30. The third kappa shape index (κ3) is 2.86. The van der Waals surface area contributed by atoms with E-state index in [0.717, 1.165) is 6.07 Å². The molecule has 2 aromatic heterocycles. The van der Waals surface area contributed by atoms with Gasteiger partial charge in [0.15, 0.2) is 0 Å². The van der Waals surface area contributed by atoms with Gasteiger partial charge in [-0.2, -0.15) is 0 Å². The number of nitro groups is 1. The second-order valence-electron chi connectivity index (χ2n) is 3.55. The van der Waals surface area contributed by atoms with Gasteiger partial charge in [0.25, 0.3) is 5.91 Å². The molecule has 98 valence electrons. The maximum absolute atomic E-state index is 11.8. The number of aromatic nitrogens is 2. The van der Waals surface area contributed by atoms with Crippen LogP contribution in [0.4, 0.5) is 11.5 Å². The molecule has 0 bridgehead atoms. The van der Waals surface area contributed by atoms with Gasteiger partial charge in [-0.3, -0.25) is 20.2 Å². The molecule has 0 aliphatic rings. The average Bonchev–Trinajstić information content (AvgIpc) is 2.75. The summed E-state index contributed by atoms with van der Waals surface area (Å²) in [6.07, 6.45) is 0. The number of hydrogen-bond donors (Lipinski definition) is 1. The van der Waals surface area contributed by atoms with Crippen LogP contribution in [0.1, 0.15) is 16.2 Å². The van der Waals surface area contributed by atoms with Crippen molar-refractivity contribution in [3.63, 3.8) is 0 Å². The summed E-state index contributed by atoms with van der Waals surface area (Å²) < 4.78 is 4.74. The van der Waals surface area contributed by atoms with Crippen LogP contribution in [0.25, 0.3) is 0 Å². The van der Waals surface area contributed by atoms with Crippen molar-refractivity contribution >= 4 is 29.0 Å². The lowest BCUT2D eigenvalue weighted by molar-refractivity contribution is -0.384. The van der Waals surface area contributed by atoms with E-state index in [2.05, 4.69) is 15.5 Å². The maximum atomic E-state index is 11.8. The maximum Gasteiger partial charge on any atom is 0.311 e. The van der Waals surface area contributed by atoms with Gasteiger partial charge in [-0.1, -0.05) is 16.8 Å². The summed E-state index contributed by atoms with van der Waals surface area (Å²) in [5, 5.41) is 16.6. The van der Waals surface area contributed by atoms with Crippen LogP contribution >= 0.6 is 11.6 Å². The van der Waals surface area contributed by atoms with Crippen LogP contribution in [0.15, 0.2) is 22.7 Å². The number of rotatable bonds is 3. The molecule has 2 aromatic rings. The molecular formula is C10H7ClN4O4. The van der Waals surface area contributed by atoms with Crippen LogP contribution in [0.2, 0.25) is 5.15 Å². The zero-order valence-corrected chi connectivity index (χ0v) is 10.3. The minimum absolute atomic E-state index is 0.0228. The Bertz CT molecular complexity index is 655. The highest BCUT2D eigenvalue weighted by atomic mass is 35.5. The number of carbonyl (C=O) groups is 1. The summed E-state index contributed by atoms with van der Waals surface area (Å²) in [6.45, 7) is 1.64. The van der Waals surface area contributed by atoms with Crippen molar-refractivity contribution < 1.29 is 14.2 Å². The number of hydrogen-bond acceptors (Lipinski definition) is 6. The summed E-state index contributed by atoms with van der Waals surface area (Å²) in [7, 11) is 0. The van der Waals surface area contributed by atoms with Gasteiger partial charge in [0.2, 0.25) is 11.6 Å². The summed E-state index contributed by atoms with van der Waals surface area (Å²) in [5.74, 6) is -1.02. The molecule has 0 aliphatic heterocycles. The molecular weight excluding hydrogens is 276 g/mol. The van der Waals surface area contributed by atoms with E-state index in [0.29, 0.717) is 5.69 Å². The van der Waals surface area contributed by atoms with Gasteiger partial charge < -0.3 is 4.52 Å². The Morgan fingerprint density at radius 3 is 2.84 bits per heavy atom. The fourth-order valence-corrected chi connectivity index (χ4v) is 1.45. The Morgan fingerprint density at radius 1 is 1.53 bits per heavy atom. The van der Waals surface area contributed by atoms with Gasteiger partial charge in [-0.15, -0.1) is 0 Å². The number of pyridine rings is 1. The van der Waals surface area contributed by atoms with E-state index in [1.807, 2.05) is 0 Å². The van der Waals surface area contributed by atoms with Crippen molar-refractivity contribution in [1.29, 1.82) is 0 Å². The summed E-state index contributed by atoms with van der Waals surface area (Å²) in [4.78, 5) is 25.6. The summed E-state index contributed by atoms with van der Waals surface area (Å²) >= 11 is 5.63. The zero-order chi connectivity index (χ0) is 14.0. The Hall–Kier alpha value is -2.48. The van der Waals surface area contributed by atoms with Gasteiger partial charge in [0.05, 0.1) is 10.6 Å². The second-order valence-corrected chi connectivity index (χ2v) is 3.93. The minimum Gasteiger partial charge on any atom is -0.351 e. The Kier molecular flexibility index (Phi) is 3.43. The van der Waals surface area contributed by atoms with Crippen molar-refractivity contribution in [2.45, 2.75) is 6.92 Å². The molecule has 0 saturated heterocycles. The highest BCUT2D eigenvalue weighted by molar-refractivity contribution is 6.29. The fourth-order valence-electron chi connectivity index (χ4n) is 1.31. The third-order valence-electron chi connectivity index (χ3n) is 2.12. The molecule has 0 radical (unpaired) electrons. The van der Waals surface area contributed by atoms with E-state index in [1.54, 1.807) is 6.92 Å². The first-order valence-electron chi connectivity index (χ1n) is 5.03. The Morgan fingerprint density at radius 2 is 2.26 bits per heavy atom. The van der Waals surface area contributed by atoms with Crippen molar-refractivity contribution in [2.24, 2.45) is 0 Å². The highest BCUT2D eigenvalue weighted by Crippen LogP contribution is 2.24. The van der Waals surface area contributed by atoms with E-state index in [9.17, 15) is 14.9 Å². The number of nitrogens with one attached hydrogen (secondary N) is 1. The molecule has 9 heteroatoms. The molecule has 2 rings (SSSR count). The topological polar surface area (TPSA) is 111 Å². The zero-order valence-electron chi connectivity index (χ0n) is 9.58. The molecule has 0 aliphatic carbocycles. The third-order valence-corrected chi connectivity index (χ3v) is 2.33. The van der Waals surface area contributed by atoms with Crippen LogP contribution in [-0.4, -0.2) is 21.0 Å². The van der Waals surface area contributed by atoms with Crippen molar-refractivity contribution in [3.8, 4) is 0 Å². The monoisotopic (exact) mass is 282 g/mol. The Labute approximate surface area is 111 Å². The van der Waals surface area contributed by atoms with E-state index in [-0.39, 0.29) is 22.4 Å². The number of anilines is 1. The van der Waals surface area contributed by atoms with Crippen molar-refractivity contribution in [3.05, 3.63) is 44.9 Å². The number of carbonyl (C=O) groups excluding carboxylic acids is 1. The second kappa shape index (κ2) is 5.02. The van der Waals surface area contributed by atoms with Crippen LogP contribution in [0, 0.1) is 17.0 Å². The average molecular weight is 283 g/mol. The lowest BCUT2D eigenvalue weighted by Crippen LogP contribution is -2.13. The number of halogens is 1. The van der Waals surface area contributed by atoms with Crippen LogP contribution in [0.3, 0.4) is 0 Å². The SMILES string of the molecule is Cc1cc(C(=O)Nc2nc(Cl)ccc2[N+](=O)[O-])on1. The fraction of sp³-hybridized carbons (Fsp3) is 0.100. The predicted molar refractivity (Wildman–Crippen MR) is 65.1 cm³/mol. The summed E-state index contributed by atoms with van der Waals surface area (Å²) in [5.41, 5.74) is 0.146. The molecule has 2 heterocycles. The minimum atomic E-state index is -0.696. The van der Waals surface area contributed by atoms with E-state index >= 15 is 0 Å². The van der Waals surface area contributed by atoms with Gasteiger partial charge in [-0.05, 0) is 13.0 Å². The van der Waals surface area contributed by atoms with Gasteiger partial charge >= 0.3 is 5.69 Å². The first-order chi connectivity index (χ1) is 8.97. The van der Waals surface area contributed by atoms with Crippen LogP contribution in [-0.2, 0) is 0 Å². The number of nitrogens with zero attached hydrogens (tertiary/aromatic N) is 3. The van der Waals surface area contributed by atoms with Gasteiger partial charge in [0.1, 0.15) is 5.15 Å². The molecule has 0 saturated carbocycles. The smallest absolute Gasteiger partial charge is 0.311 e. The molecule has 0 fully saturated rings. The van der Waals surface area contributed by atoms with E-state index in [1.165, 1.54) is 12.1 Å². The number of aryl methyl sites for hydroxylation is 1. The largest absolute Gasteiger partial charge is 0.351 e. The highest BCUT2D eigenvalue weighted by Gasteiger charge is 2.20. The molecule has 1 N–H and O–H groups in total. The lowest BCUT2D eigenvalue weighted by atomic mass is 10.3. The molecule has 0 aromatic carbocycles. The first-order valence-corrected chi connectivity index (χ1v) is 5.41. The molecule has 19 heavy (non-hydrogen) atoms. The normalized spacial score (nSPS) is 10.2. The standard InChI is InChI=1S/C10H7ClN4O4/c1-5-4-7(19-14-5)10(16)13-9-6(15(17)18)2-3-8(11)12-9/h2-4H,1H3,(H,12,13,16). The van der Waals surface area contributed by atoms with Gasteiger partial charge in [0, 0.05) is 12.1 Å². The lowest BCUT2D eigenvalue weighted by Gasteiger charge is -2.03. The first kappa shape index (κ1) is 13.0. The summed E-state index contributed by atoms with van der Waals surface area (Å²) in [6, 6.07) is 3.80. The quantitative estimate of drug-likeness (QED) is 0.525. The van der Waals surface area contributed by atoms with Crippen molar-refractivity contribution in [2.75, 3.05) is 5.32 Å². The van der Waals surface area contributed by atoms with Gasteiger partial charge in [-0.25, -0.2) is 4.98 Å². The predicted octanol–water partition coefficient (Wildman–Crippen LogP) is 2.19. The van der Waals surface area contributed by atoms with E-state index in [4.69, 9.17) is 16.1 Å². The van der Waals surface area contributed by atoms with E-state index < -0.39 is 10.8 Å². The van der Waals surface area contributed by atoms with Crippen LogP contribution in [0.5, 0.6) is 0 Å².